The van der Waals surface area contributed by atoms with Crippen molar-refractivity contribution in [1.29, 1.82) is 0 Å². The van der Waals surface area contributed by atoms with Crippen LogP contribution in [0.4, 0.5) is 4.79 Å². The predicted molar refractivity (Wildman–Crippen MR) is 78.2 cm³/mol. The van der Waals surface area contributed by atoms with Crippen LogP contribution in [0, 0.1) is 11.8 Å². The molecule has 1 fully saturated rings. The Hall–Kier alpha value is -2.05. The van der Waals surface area contributed by atoms with Crippen molar-refractivity contribution >= 4 is 18.0 Å². The molecule has 1 aliphatic carbocycles. The van der Waals surface area contributed by atoms with Crippen LogP contribution in [0.2, 0.25) is 0 Å². The van der Waals surface area contributed by atoms with Crippen LogP contribution in [0.25, 0.3) is 0 Å². The Morgan fingerprint density at radius 3 is 2.14 bits per heavy atom. The fraction of sp³-hybridized carbons (Fsp3) is 0.667. The molecule has 0 aromatic rings. The zero-order valence-electron chi connectivity index (χ0n) is 12.7. The van der Waals surface area contributed by atoms with E-state index in [9.17, 15) is 19.5 Å². The van der Waals surface area contributed by atoms with Crippen molar-refractivity contribution in [3.05, 3.63) is 12.2 Å². The van der Waals surface area contributed by atoms with E-state index in [1.54, 1.807) is 16.7 Å². The van der Waals surface area contributed by atoms with Gasteiger partial charge in [-0.15, -0.1) is 0 Å². The quantitative estimate of drug-likeness (QED) is 0.784. The van der Waals surface area contributed by atoms with E-state index in [0.29, 0.717) is 45.6 Å². The summed E-state index contributed by atoms with van der Waals surface area (Å²) < 4.78 is 4.94. The Bertz CT molecular complexity index is 469. The van der Waals surface area contributed by atoms with Gasteiger partial charge in [0.2, 0.25) is 5.91 Å². The van der Waals surface area contributed by atoms with Crippen molar-refractivity contribution in [2.24, 2.45) is 11.8 Å². The van der Waals surface area contributed by atoms with Gasteiger partial charge in [-0.05, 0) is 19.8 Å². The first-order valence-electron chi connectivity index (χ1n) is 7.63. The lowest BCUT2D eigenvalue weighted by Crippen LogP contribution is -2.53. The largest absolute Gasteiger partial charge is 0.481 e. The number of aliphatic carboxylic acids is 1. The number of allylic oxidation sites excluding steroid dienone is 2. The SMILES string of the molecule is CCOC(=O)N1CCN(C(=O)[C@H]2CC=CC[C@H]2C(=O)O)CC1. The maximum absolute atomic E-state index is 12.6. The number of nitrogens with zero attached hydrogens (tertiary/aromatic N) is 2. The first-order valence-corrected chi connectivity index (χ1v) is 7.63. The zero-order valence-corrected chi connectivity index (χ0v) is 12.7. The van der Waals surface area contributed by atoms with Crippen molar-refractivity contribution in [1.82, 2.24) is 9.80 Å². The molecule has 0 radical (unpaired) electrons. The fourth-order valence-corrected chi connectivity index (χ4v) is 2.92. The third kappa shape index (κ3) is 3.58. The number of hydrogen-bond acceptors (Lipinski definition) is 4. The van der Waals surface area contributed by atoms with Crippen molar-refractivity contribution in [2.75, 3.05) is 32.8 Å². The molecule has 2 aliphatic rings. The van der Waals surface area contributed by atoms with Crippen LogP contribution in [0.15, 0.2) is 12.2 Å². The van der Waals surface area contributed by atoms with E-state index in [4.69, 9.17) is 4.74 Å². The standard InChI is InChI=1S/C15H22N2O5/c1-2-22-15(21)17-9-7-16(8-10-17)13(18)11-5-3-4-6-12(11)14(19)20/h3-4,11-12H,2,5-10H2,1H3,(H,19,20)/t11-,12+/m0/s1. The number of hydrogen-bond donors (Lipinski definition) is 1. The Morgan fingerprint density at radius 2 is 1.59 bits per heavy atom. The first kappa shape index (κ1) is 16.3. The molecule has 0 aromatic carbocycles. The molecular formula is C15H22N2O5. The number of ether oxygens (including phenoxy) is 1. The second-order valence-electron chi connectivity index (χ2n) is 5.51. The van der Waals surface area contributed by atoms with Gasteiger partial charge in [-0.25, -0.2) is 4.79 Å². The van der Waals surface area contributed by atoms with Crippen molar-refractivity contribution in [2.45, 2.75) is 19.8 Å². The van der Waals surface area contributed by atoms with Crippen LogP contribution >= 0.6 is 0 Å². The zero-order chi connectivity index (χ0) is 16.1. The summed E-state index contributed by atoms with van der Waals surface area (Å²) in [6.07, 6.45) is 4.19. The number of carboxylic acids is 1. The minimum atomic E-state index is -0.923. The van der Waals surface area contributed by atoms with Gasteiger partial charge in [-0.3, -0.25) is 9.59 Å². The van der Waals surface area contributed by atoms with Gasteiger partial charge in [-0.2, -0.15) is 0 Å². The highest BCUT2D eigenvalue weighted by Gasteiger charge is 2.37. The lowest BCUT2D eigenvalue weighted by atomic mass is 9.82. The summed E-state index contributed by atoms with van der Waals surface area (Å²) in [4.78, 5) is 38.7. The van der Waals surface area contributed by atoms with E-state index in [2.05, 4.69) is 0 Å². The van der Waals surface area contributed by atoms with Crippen molar-refractivity contribution in [3.8, 4) is 0 Å². The molecule has 1 saturated heterocycles. The van der Waals surface area contributed by atoms with Crippen LogP contribution in [0.3, 0.4) is 0 Å². The summed E-state index contributed by atoms with van der Waals surface area (Å²) >= 11 is 0. The third-order valence-corrected chi connectivity index (χ3v) is 4.18. The minimum absolute atomic E-state index is 0.125. The number of piperazine rings is 1. The molecule has 2 atom stereocenters. The monoisotopic (exact) mass is 310 g/mol. The Balaban J connectivity index is 1.93. The van der Waals surface area contributed by atoms with E-state index >= 15 is 0 Å². The molecule has 0 spiro atoms. The molecule has 7 heteroatoms. The summed E-state index contributed by atoms with van der Waals surface area (Å²) in [7, 11) is 0. The van der Waals surface area contributed by atoms with Gasteiger partial charge < -0.3 is 19.6 Å². The topological polar surface area (TPSA) is 87.2 Å². The summed E-state index contributed by atoms with van der Waals surface area (Å²) in [5, 5.41) is 9.26. The Labute approximate surface area is 129 Å². The van der Waals surface area contributed by atoms with Gasteiger partial charge in [0.05, 0.1) is 18.4 Å². The Morgan fingerprint density at radius 1 is 1.05 bits per heavy atom. The number of carbonyl (C=O) groups is 3. The van der Waals surface area contributed by atoms with Gasteiger partial charge >= 0.3 is 12.1 Å². The highest BCUT2D eigenvalue weighted by atomic mass is 16.6. The number of rotatable bonds is 3. The summed E-state index contributed by atoms with van der Waals surface area (Å²) in [5.41, 5.74) is 0. The summed E-state index contributed by atoms with van der Waals surface area (Å²) in [6.45, 7) is 3.76. The van der Waals surface area contributed by atoms with Gasteiger partial charge in [0.15, 0.2) is 0 Å². The van der Waals surface area contributed by atoms with E-state index in [-0.39, 0.29) is 12.0 Å². The number of carboxylic acid groups (broad SMARTS) is 1. The lowest BCUT2D eigenvalue weighted by Gasteiger charge is -2.37. The summed E-state index contributed by atoms with van der Waals surface area (Å²) in [6, 6.07) is 0. The van der Waals surface area contributed by atoms with Crippen molar-refractivity contribution in [3.63, 3.8) is 0 Å². The van der Waals surface area contributed by atoms with Gasteiger partial charge in [-0.1, -0.05) is 12.2 Å². The van der Waals surface area contributed by atoms with Crippen LogP contribution in [0.5, 0.6) is 0 Å². The molecule has 122 valence electrons. The van der Waals surface area contributed by atoms with Crippen LogP contribution in [-0.2, 0) is 14.3 Å². The molecular weight excluding hydrogens is 288 g/mol. The maximum atomic E-state index is 12.6. The maximum Gasteiger partial charge on any atom is 0.409 e. The second-order valence-corrected chi connectivity index (χ2v) is 5.51. The highest BCUT2D eigenvalue weighted by molar-refractivity contribution is 5.85. The molecule has 0 unspecified atom stereocenters. The smallest absolute Gasteiger partial charge is 0.409 e. The third-order valence-electron chi connectivity index (χ3n) is 4.18. The molecule has 1 heterocycles. The van der Waals surface area contributed by atoms with Crippen molar-refractivity contribution < 1.29 is 24.2 Å². The summed E-state index contributed by atoms with van der Waals surface area (Å²) in [5.74, 6) is -2.20. The van der Waals surface area contributed by atoms with Crippen LogP contribution in [0.1, 0.15) is 19.8 Å². The van der Waals surface area contributed by atoms with E-state index in [0.717, 1.165) is 0 Å². The molecule has 1 N–H and O–H groups in total. The molecule has 22 heavy (non-hydrogen) atoms. The van der Waals surface area contributed by atoms with Gasteiger partial charge in [0.25, 0.3) is 0 Å². The molecule has 0 bridgehead atoms. The van der Waals surface area contributed by atoms with Crippen LogP contribution in [-0.4, -0.2) is 65.7 Å². The average molecular weight is 310 g/mol. The number of carbonyl (C=O) groups excluding carboxylic acids is 2. The van der Waals surface area contributed by atoms with Gasteiger partial charge in [0.1, 0.15) is 0 Å². The molecule has 0 saturated carbocycles. The fourth-order valence-electron chi connectivity index (χ4n) is 2.92. The molecule has 2 amide bonds. The minimum Gasteiger partial charge on any atom is -0.481 e. The van der Waals surface area contributed by atoms with E-state index in [1.165, 1.54) is 0 Å². The van der Waals surface area contributed by atoms with E-state index < -0.39 is 17.8 Å². The molecule has 1 aliphatic heterocycles. The average Bonchev–Trinajstić information content (AvgIpc) is 2.54. The molecule has 0 aromatic heterocycles. The Kier molecular flexibility index (Phi) is 5.41. The molecule has 7 nitrogen and oxygen atoms in total. The van der Waals surface area contributed by atoms with Crippen LogP contribution < -0.4 is 0 Å². The predicted octanol–water partition coefficient (Wildman–Crippen LogP) is 0.954. The lowest BCUT2D eigenvalue weighted by molar-refractivity contribution is -0.151. The first-order chi connectivity index (χ1) is 10.5. The molecule has 2 rings (SSSR count). The highest BCUT2D eigenvalue weighted by Crippen LogP contribution is 2.28. The van der Waals surface area contributed by atoms with E-state index in [1.807, 2.05) is 12.2 Å². The van der Waals surface area contributed by atoms with Gasteiger partial charge in [0, 0.05) is 26.2 Å². The normalized spacial score (nSPS) is 25.0. The second kappa shape index (κ2) is 7.29. The number of amides is 2.